The van der Waals surface area contributed by atoms with Gasteiger partial charge in [0.1, 0.15) is 11.8 Å². The lowest BCUT2D eigenvalue weighted by Crippen LogP contribution is -2.46. The largest absolute Gasteiger partial charge is 0.467 e. The molecule has 0 aliphatic heterocycles. The molecule has 28 heavy (non-hydrogen) atoms. The highest BCUT2D eigenvalue weighted by molar-refractivity contribution is 7.12. The average molecular weight is 407 g/mol. The minimum absolute atomic E-state index is 0.107. The number of ether oxygens (including phenoxy) is 1. The van der Waals surface area contributed by atoms with Crippen molar-refractivity contribution in [2.24, 2.45) is 5.92 Å². The van der Waals surface area contributed by atoms with Gasteiger partial charge in [0.2, 0.25) is 0 Å². The van der Waals surface area contributed by atoms with Crippen molar-refractivity contribution in [3.63, 3.8) is 0 Å². The maximum atomic E-state index is 12.2. The predicted octanol–water partition coefficient (Wildman–Crippen LogP) is 1.66. The van der Waals surface area contributed by atoms with Crippen LogP contribution in [0.4, 0.5) is 4.79 Å². The van der Waals surface area contributed by atoms with Crippen molar-refractivity contribution in [1.82, 2.24) is 16.0 Å². The molecule has 10 heteroatoms. The van der Waals surface area contributed by atoms with Gasteiger partial charge in [-0.2, -0.15) is 0 Å². The van der Waals surface area contributed by atoms with Gasteiger partial charge in [0.05, 0.1) is 17.7 Å². The number of amides is 4. The summed E-state index contributed by atoms with van der Waals surface area (Å²) in [5.41, 5.74) is 0. The van der Waals surface area contributed by atoms with Gasteiger partial charge in [-0.1, -0.05) is 19.9 Å². The Bertz CT molecular complexity index is 801. The van der Waals surface area contributed by atoms with E-state index in [1.165, 1.54) is 17.6 Å². The van der Waals surface area contributed by atoms with Crippen LogP contribution in [-0.4, -0.2) is 36.5 Å². The number of furan rings is 1. The van der Waals surface area contributed by atoms with Crippen LogP contribution < -0.4 is 16.0 Å². The molecule has 0 aromatic carbocycles. The number of carbonyl (C=O) groups is 4. The molecule has 2 heterocycles. The molecule has 0 saturated heterocycles. The van der Waals surface area contributed by atoms with E-state index in [-0.39, 0.29) is 12.5 Å². The zero-order valence-electron chi connectivity index (χ0n) is 15.4. The van der Waals surface area contributed by atoms with Crippen molar-refractivity contribution < 1.29 is 28.3 Å². The topological polar surface area (TPSA) is 127 Å². The smallest absolute Gasteiger partial charge is 0.329 e. The van der Waals surface area contributed by atoms with E-state index < -0.39 is 36.5 Å². The molecule has 0 bridgehead atoms. The van der Waals surface area contributed by atoms with E-state index in [1.807, 2.05) is 5.32 Å². The standard InChI is InChI=1S/C18H21N3O6S/c1-11(2)15(21-16(23)13-6-4-8-28-13)17(24)27-10-14(22)20-18(25)19-9-12-5-3-7-26-12/h3-8,11,15H,9-10H2,1-2H3,(H,21,23)(H2,19,20,22,25)/t15-/m1/s1. The van der Waals surface area contributed by atoms with E-state index in [0.717, 1.165) is 0 Å². The van der Waals surface area contributed by atoms with Crippen LogP contribution >= 0.6 is 11.3 Å². The average Bonchev–Trinajstić information content (AvgIpc) is 3.35. The molecule has 0 aliphatic rings. The second-order valence-electron chi connectivity index (χ2n) is 6.09. The summed E-state index contributed by atoms with van der Waals surface area (Å²) in [4.78, 5) is 48.2. The summed E-state index contributed by atoms with van der Waals surface area (Å²) in [5.74, 6) is -1.68. The Labute approximate surface area is 165 Å². The summed E-state index contributed by atoms with van der Waals surface area (Å²) < 4.78 is 9.98. The fourth-order valence-electron chi connectivity index (χ4n) is 2.13. The number of hydrogen-bond acceptors (Lipinski definition) is 7. The zero-order valence-corrected chi connectivity index (χ0v) is 16.2. The summed E-state index contributed by atoms with van der Waals surface area (Å²) in [6.45, 7) is 2.94. The third-order valence-electron chi connectivity index (χ3n) is 3.55. The van der Waals surface area contributed by atoms with Crippen molar-refractivity contribution in [2.75, 3.05) is 6.61 Å². The molecule has 0 spiro atoms. The van der Waals surface area contributed by atoms with E-state index in [4.69, 9.17) is 9.15 Å². The summed E-state index contributed by atoms with van der Waals surface area (Å²) in [7, 11) is 0. The van der Waals surface area contributed by atoms with Crippen LogP contribution in [0.25, 0.3) is 0 Å². The maximum Gasteiger partial charge on any atom is 0.329 e. The normalized spacial score (nSPS) is 11.5. The SMILES string of the molecule is CC(C)[C@@H](NC(=O)c1cccs1)C(=O)OCC(=O)NC(=O)NCc1ccco1. The van der Waals surface area contributed by atoms with Crippen LogP contribution in [0.5, 0.6) is 0 Å². The van der Waals surface area contributed by atoms with Crippen LogP contribution in [-0.2, 0) is 20.9 Å². The molecule has 3 N–H and O–H groups in total. The summed E-state index contributed by atoms with van der Waals surface area (Å²) in [6.07, 6.45) is 1.46. The highest BCUT2D eigenvalue weighted by Gasteiger charge is 2.27. The number of rotatable bonds is 8. The van der Waals surface area contributed by atoms with Crippen LogP contribution in [0, 0.1) is 5.92 Å². The first-order valence-electron chi connectivity index (χ1n) is 8.48. The Morgan fingerprint density at radius 1 is 1.18 bits per heavy atom. The van der Waals surface area contributed by atoms with Crippen molar-refractivity contribution in [3.8, 4) is 0 Å². The number of nitrogens with one attached hydrogen (secondary N) is 3. The first-order valence-corrected chi connectivity index (χ1v) is 9.36. The van der Waals surface area contributed by atoms with Crippen LogP contribution in [0.3, 0.4) is 0 Å². The molecule has 4 amide bonds. The zero-order chi connectivity index (χ0) is 20.5. The maximum absolute atomic E-state index is 12.2. The van der Waals surface area contributed by atoms with E-state index in [0.29, 0.717) is 10.6 Å². The third kappa shape index (κ3) is 6.54. The third-order valence-corrected chi connectivity index (χ3v) is 4.42. The number of esters is 1. The molecule has 9 nitrogen and oxygen atoms in total. The second-order valence-corrected chi connectivity index (χ2v) is 7.04. The first-order chi connectivity index (χ1) is 13.4. The van der Waals surface area contributed by atoms with Crippen LogP contribution in [0.2, 0.25) is 0 Å². The molecule has 0 saturated carbocycles. The highest BCUT2D eigenvalue weighted by Crippen LogP contribution is 2.11. The van der Waals surface area contributed by atoms with Gasteiger partial charge in [-0.05, 0) is 29.5 Å². The monoisotopic (exact) mass is 407 g/mol. The molecule has 150 valence electrons. The molecular weight excluding hydrogens is 386 g/mol. The van der Waals surface area contributed by atoms with Gasteiger partial charge < -0.3 is 19.8 Å². The molecule has 0 aliphatic carbocycles. The summed E-state index contributed by atoms with van der Waals surface area (Å²) in [6, 6.07) is 5.03. The first kappa shape index (κ1) is 21.2. The van der Waals surface area contributed by atoms with Crippen LogP contribution in [0.15, 0.2) is 40.3 Å². The summed E-state index contributed by atoms with van der Waals surface area (Å²) in [5, 5.41) is 8.80. The molecule has 2 aromatic heterocycles. The van der Waals surface area contributed by atoms with Crippen molar-refractivity contribution in [2.45, 2.75) is 26.4 Å². The van der Waals surface area contributed by atoms with Gasteiger partial charge >= 0.3 is 12.0 Å². The fraction of sp³-hybridized carbons (Fsp3) is 0.333. The number of urea groups is 1. The Balaban J connectivity index is 1.76. The molecular formula is C18H21N3O6S. The minimum Gasteiger partial charge on any atom is -0.467 e. The Kier molecular flexibility index (Phi) is 7.76. The predicted molar refractivity (Wildman–Crippen MR) is 100 cm³/mol. The lowest BCUT2D eigenvalue weighted by molar-refractivity contribution is -0.151. The van der Waals surface area contributed by atoms with E-state index >= 15 is 0 Å². The van der Waals surface area contributed by atoms with E-state index in [2.05, 4.69) is 10.6 Å². The van der Waals surface area contributed by atoms with Gasteiger partial charge in [-0.15, -0.1) is 11.3 Å². The van der Waals surface area contributed by atoms with Crippen molar-refractivity contribution in [3.05, 3.63) is 46.5 Å². The molecule has 2 aromatic rings. The Morgan fingerprint density at radius 3 is 2.57 bits per heavy atom. The van der Waals surface area contributed by atoms with Gasteiger partial charge in [0, 0.05) is 0 Å². The van der Waals surface area contributed by atoms with Gasteiger partial charge in [-0.3, -0.25) is 14.9 Å². The molecule has 0 fully saturated rings. The van der Waals surface area contributed by atoms with Gasteiger partial charge in [-0.25, -0.2) is 9.59 Å². The fourth-order valence-corrected chi connectivity index (χ4v) is 2.76. The van der Waals surface area contributed by atoms with Crippen molar-refractivity contribution >= 4 is 35.2 Å². The van der Waals surface area contributed by atoms with Gasteiger partial charge in [0.15, 0.2) is 6.61 Å². The summed E-state index contributed by atoms with van der Waals surface area (Å²) >= 11 is 1.25. The van der Waals surface area contributed by atoms with E-state index in [9.17, 15) is 19.2 Å². The Hall–Kier alpha value is -3.14. The number of thiophene rings is 1. The number of imide groups is 1. The molecule has 0 radical (unpaired) electrons. The molecule has 0 unspecified atom stereocenters. The highest BCUT2D eigenvalue weighted by atomic mass is 32.1. The van der Waals surface area contributed by atoms with E-state index in [1.54, 1.807) is 43.5 Å². The number of carbonyl (C=O) groups excluding carboxylic acids is 4. The van der Waals surface area contributed by atoms with Gasteiger partial charge in [0.25, 0.3) is 11.8 Å². The quantitative estimate of drug-likeness (QED) is 0.571. The molecule has 1 atom stereocenters. The second kappa shape index (κ2) is 10.3. The van der Waals surface area contributed by atoms with Crippen LogP contribution in [0.1, 0.15) is 29.3 Å². The lowest BCUT2D eigenvalue weighted by Gasteiger charge is -2.20. The van der Waals surface area contributed by atoms with Crippen molar-refractivity contribution in [1.29, 1.82) is 0 Å². The molecule has 2 rings (SSSR count). The lowest BCUT2D eigenvalue weighted by atomic mass is 10.0. The Morgan fingerprint density at radius 2 is 1.96 bits per heavy atom. The number of hydrogen-bond donors (Lipinski definition) is 3. The minimum atomic E-state index is -0.921.